The molecule has 2 rings (SSSR count). The van der Waals surface area contributed by atoms with Gasteiger partial charge in [0.15, 0.2) is 0 Å². The summed E-state index contributed by atoms with van der Waals surface area (Å²) in [7, 11) is 0. The predicted octanol–water partition coefficient (Wildman–Crippen LogP) is 1.88. The quantitative estimate of drug-likeness (QED) is 0.830. The Labute approximate surface area is 135 Å². The van der Waals surface area contributed by atoms with E-state index in [0.717, 1.165) is 5.76 Å². The molecule has 0 unspecified atom stereocenters. The number of carbonyl (C=O) groups excluding carboxylic acids is 1. The van der Waals surface area contributed by atoms with Gasteiger partial charge >= 0.3 is 12.1 Å². The molecule has 1 aromatic rings. The van der Waals surface area contributed by atoms with Gasteiger partial charge in [0.05, 0.1) is 18.2 Å². The van der Waals surface area contributed by atoms with E-state index >= 15 is 0 Å². The molecule has 1 aromatic heterocycles. The first kappa shape index (κ1) is 17.3. The monoisotopic (exact) mass is 324 g/mol. The number of rotatable bonds is 6. The van der Waals surface area contributed by atoms with Crippen LogP contribution in [-0.4, -0.2) is 52.8 Å². The largest absolute Gasteiger partial charge is 0.481 e. The maximum absolute atomic E-state index is 12.0. The number of likely N-dealkylation sites (tertiary alicyclic amines) is 1. The summed E-state index contributed by atoms with van der Waals surface area (Å²) in [6.45, 7) is 6.64. The van der Waals surface area contributed by atoms with Crippen LogP contribution in [-0.2, 0) is 16.0 Å². The van der Waals surface area contributed by atoms with Crippen molar-refractivity contribution in [2.75, 3.05) is 19.6 Å². The Morgan fingerprint density at radius 1 is 1.43 bits per heavy atom. The molecule has 0 spiro atoms. The lowest BCUT2D eigenvalue weighted by Gasteiger charge is -2.49. The van der Waals surface area contributed by atoms with Crippen molar-refractivity contribution in [3.63, 3.8) is 0 Å². The summed E-state index contributed by atoms with van der Waals surface area (Å²) in [6, 6.07) is 3.69. The third kappa shape index (κ3) is 4.99. The molecule has 2 N–H and O–H groups in total. The number of nitrogens with one attached hydrogen (secondary N) is 1. The van der Waals surface area contributed by atoms with Gasteiger partial charge in [-0.1, -0.05) is 0 Å². The molecule has 0 bridgehead atoms. The zero-order valence-corrected chi connectivity index (χ0v) is 13.8. The number of carboxylic acids is 1. The van der Waals surface area contributed by atoms with Gasteiger partial charge in [-0.25, -0.2) is 4.79 Å². The Kier molecular flexibility index (Phi) is 4.99. The van der Waals surface area contributed by atoms with Gasteiger partial charge in [-0.2, -0.15) is 0 Å². The normalized spacial score (nSPS) is 16.7. The van der Waals surface area contributed by atoms with Gasteiger partial charge in [0, 0.05) is 26.1 Å². The van der Waals surface area contributed by atoms with Gasteiger partial charge < -0.3 is 24.5 Å². The summed E-state index contributed by atoms with van der Waals surface area (Å²) in [5.74, 6) is -0.0503. The molecule has 1 saturated heterocycles. The Morgan fingerprint density at radius 2 is 2.13 bits per heavy atom. The van der Waals surface area contributed by atoms with Crippen LogP contribution in [0.25, 0.3) is 0 Å². The summed E-state index contributed by atoms with van der Waals surface area (Å²) in [6.07, 6.45) is 1.83. The minimum Gasteiger partial charge on any atom is -0.481 e. The lowest BCUT2D eigenvalue weighted by Crippen LogP contribution is -2.71. The number of carbonyl (C=O) groups is 2. The second-order valence-electron chi connectivity index (χ2n) is 6.94. The van der Waals surface area contributed by atoms with Crippen molar-refractivity contribution < 1.29 is 23.8 Å². The highest BCUT2D eigenvalue weighted by Crippen LogP contribution is 2.26. The standard InChI is InChI=1S/C16H24N2O5/c1-15(2,3)23-14(21)18-10-16(11-18,9-13(19)20)17-7-6-12-5-4-8-22-12/h4-5,8,17H,6-7,9-11H2,1-3H3,(H,19,20). The van der Waals surface area contributed by atoms with E-state index in [1.807, 2.05) is 12.1 Å². The van der Waals surface area contributed by atoms with Crippen molar-refractivity contribution in [3.8, 4) is 0 Å². The topological polar surface area (TPSA) is 92.0 Å². The van der Waals surface area contributed by atoms with Crippen LogP contribution < -0.4 is 5.32 Å². The minimum absolute atomic E-state index is 0.0372. The van der Waals surface area contributed by atoms with E-state index in [-0.39, 0.29) is 6.42 Å². The number of hydrogen-bond acceptors (Lipinski definition) is 5. The van der Waals surface area contributed by atoms with Gasteiger partial charge in [-0.15, -0.1) is 0 Å². The fraction of sp³-hybridized carbons (Fsp3) is 0.625. The first-order valence-corrected chi connectivity index (χ1v) is 7.66. The van der Waals surface area contributed by atoms with Crippen LogP contribution in [0.5, 0.6) is 0 Å². The predicted molar refractivity (Wildman–Crippen MR) is 83.2 cm³/mol. The van der Waals surface area contributed by atoms with Gasteiger partial charge in [0.25, 0.3) is 0 Å². The van der Waals surface area contributed by atoms with Crippen molar-refractivity contribution in [2.45, 2.75) is 44.8 Å². The zero-order chi connectivity index (χ0) is 17.1. The Morgan fingerprint density at radius 3 is 2.65 bits per heavy atom. The smallest absolute Gasteiger partial charge is 0.410 e. The minimum atomic E-state index is -0.890. The Balaban J connectivity index is 1.86. The van der Waals surface area contributed by atoms with Crippen molar-refractivity contribution in [1.29, 1.82) is 0 Å². The number of aliphatic carboxylic acids is 1. The van der Waals surface area contributed by atoms with Crippen molar-refractivity contribution >= 4 is 12.1 Å². The molecule has 2 heterocycles. The van der Waals surface area contributed by atoms with E-state index in [4.69, 9.17) is 14.3 Å². The average molecular weight is 324 g/mol. The highest BCUT2D eigenvalue weighted by molar-refractivity contribution is 5.73. The van der Waals surface area contributed by atoms with Crippen LogP contribution in [0.4, 0.5) is 4.79 Å². The van der Waals surface area contributed by atoms with Crippen molar-refractivity contribution in [2.24, 2.45) is 0 Å². The van der Waals surface area contributed by atoms with E-state index in [0.29, 0.717) is 26.1 Å². The maximum Gasteiger partial charge on any atom is 0.410 e. The first-order valence-electron chi connectivity index (χ1n) is 7.66. The summed E-state index contributed by atoms with van der Waals surface area (Å²) in [4.78, 5) is 24.6. The molecule has 1 aliphatic heterocycles. The maximum atomic E-state index is 12.0. The van der Waals surface area contributed by atoms with Crippen LogP contribution in [0.2, 0.25) is 0 Å². The summed E-state index contributed by atoms with van der Waals surface area (Å²) >= 11 is 0. The van der Waals surface area contributed by atoms with Crippen LogP contribution in [0, 0.1) is 0 Å². The fourth-order valence-electron chi connectivity index (χ4n) is 2.62. The molecular weight excluding hydrogens is 300 g/mol. The first-order chi connectivity index (χ1) is 10.7. The molecule has 0 radical (unpaired) electrons. The lowest BCUT2D eigenvalue weighted by molar-refractivity contribution is -0.141. The van der Waals surface area contributed by atoms with Gasteiger partial charge in [-0.05, 0) is 32.9 Å². The number of carboxylic acid groups (broad SMARTS) is 1. The molecule has 0 aromatic carbocycles. The Hall–Kier alpha value is -2.02. The number of nitrogens with zero attached hydrogens (tertiary/aromatic N) is 1. The summed E-state index contributed by atoms with van der Waals surface area (Å²) in [5, 5.41) is 12.4. The fourth-order valence-corrected chi connectivity index (χ4v) is 2.62. The third-order valence-corrected chi connectivity index (χ3v) is 3.58. The molecule has 7 nitrogen and oxygen atoms in total. The van der Waals surface area contributed by atoms with Gasteiger partial charge in [-0.3, -0.25) is 4.79 Å². The lowest BCUT2D eigenvalue weighted by atomic mass is 9.86. The molecule has 128 valence electrons. The van der Waals surface area contributed by atoms with Crippen LogP contribution >= 0.6 is 0 Å². The number of ether oxygens (including phenoxy) is 1. The van der Waals surface area contributed by atoms with Crippen molar-refractivity contribution in [1.82, 2.24) is 10.2 Å². The number of furan rings is 1. The molecule has 7 heteroatoms. The summed E-state index contributed by atoms with van der Waals surface area (Å²) in [5.41, 5.74) is -1.16. The average Bonchev–Trinajstić information content (AvgIpc) is 2.85. The second-order valence-corrected chi connectivity index (χ2v) is 6.94. The van der Waals surface area contributed by atoms with Crippen LogP contribution in [0.15, 0.2) is 22.8 Å². The number of hydrogen-bond donors (Lipinski definition) is 2. The molecule has 23 heavy (non-hydrogen) atoms. The molecule has 0 aliphatic carbocycles. The molecule has 1 amide bonds. The Bertz CT molecular complexity index is 541. The van der Waals surface area contributed by atoms with E-state index in [1.165, 1.54) is 4.90 Å². The third-order valence-electron chi connectivity index (χ3n) is 3.58. The van der Waals surface area contributed by atoms with Crippen LogP contribution in [0.1, 0.15) is 33.0 Å². The second kappa shape index (κ2) is 6.62. The molecular formula is C16H24N2O5. The molecule has 1 fully saturated rings. The van der Waals surface area contributed by atoms with Crippen molar-refractivity contribution in [3.05, 3.63) is 24.2 Å². The highest BCUT2D eigenvalue weighted by Gasteiger charge is 2.47. The van der Waals surface area contributed by atoms with Gasteiger partial charge in [0.1, 0.15) is 11.4 Å². The molecule has 0 saturated carbocycles. The van der Waals surface area contributed by atoms with E-state index < -0.39 is 23.2 Å². The SMILES string of the molecule is CC(C)(C)OC(=O)N1CC(CC(=O)O)(NCCc2ccco2)C1. The van der Waals surface area contributed by atoms with E-state index in [2.05, 4.69) is 5.32 Å². The number of amides is 1. The molecule has 0 atom stereocenters. The van der Waals surface area contributed by atoms with Gasteiger partial charge in [0.2, 0.25) is 0 Å². The zero-order valence-electron chi connectivity index (χ0n) is 13.8. The highest BCUT2D eigenvalue weighted by atomic mass is 16.6. The van der Waals surface area contributed by atoms with Crippen LogP contribution in [0.3, 0.4) is 0 Å². The van der Waals surface area contributed by atoms with E-state index in [9.17, 15) is 9.59 Å². The molecule has 1 aliphatic rings. The summed E-state index contributed by atoms with van der Waals surface area (Å²) < 4.78 is 10.6. The van der Waals surface area contributed by atoms with E-state index in [1.54, 1.807) is 27.0 Å².